The summed E-state index contributed by atoms with van der Waals surface area (Å²) in [4.78, 5) is 0. The van der Waals surface area contributed by atoms with Crippen LogP contribution in [0.2, 0.25) is 0 Å². The van der Waals surface area contributed by atoms with E-state index >= 15 is 0 Å². The molecule has 0 fully saturated rings. The number of rotatable bonds is 9. The summed E-state index contributed by atoms with van der Waals surface area (Å²) in [6.07, 6.45) is 0.997. The number of anilines is 1. The largest absolute Gasteiger partial charge is 0.494 e. The fourth-order valence-corrected chi connectivity index (χ4v) is 1.85. The van der Waals surface area contributed by atoms with E-state index in [1.54, 1.807) is 0 Å². The number of nitrogens with one attached hydrogen (secondary N) is 1. The van der Waals surface area contributed by atoms with Crippen LogP contribution in [0, 0.1) is 0 Å². The topological polar surface area (TPSA) is 30.5 Å². The molecule has 1 rings (SSSR count). The molecule has 0 spiro atoms. The smallest absolute Gasteiger partial charge is 0.123 e. The van der Waals surface area contributed by atoms with Crippen LogP contribution in [0.25, 0.3) is 0 Å². The zero-order valence-electron chi connectivity index (χ0n) is 11.2. The molecule has 4 heteroatoms. The summed E-state index contributed by atoms with van der Waals surface area (Å²) in [6.45, 7) is 7.10. The summed E-state index contributed by atoms with van der Waals surface area (Å²) < 4.78 is 10.8. The maximum absolute atomic E-state index is 5.91. The van der Waals surface area contributed by atoms with Gasteiger partial charge in [-0.1, -0.05) is 0 Å². The fraction of sp³-hybridized carbons (Fsp3) is 0.571. The minimum absolute atomic E-state index is 0.462. The average molecular weight is 272 g/mol. The van der Waals surface area contributed by atoms with Gasteiger partial charge in [-0.25, -0.2) is 0 Å². The second-order valence-corrected chi connectivity index (χ2v) is 4.13. The number of benzene rings is 1. The second kappa shape index (κ2) is 9.06. The molecule has 0 heterocycles. The van der Waals surface area contributed by atoms with Gasteiger partial charge in [0.1, 0.15) is 5.75 Å². The molecule has 0 aromatic heterocycles. The van der Waals surface area contributed by atoms with Gasteiger partial charge in [-0.2, -0.15) is 0 Å². The van der Waals surface area contributed by atoms with Gasteiger partial charge in [0.15, 0.2) is 0 Å². The van der Waals surface area contributed by atoms with E-state index in [9.17, 15) is 0 Å². The molecule has 0 atom stereocenters. The van der Waals surface area contributed by atoms with E-state index in [1.165, 1.54) is 0 Å². The molecule has 0 bridgehead atoms. The van der Waals surface area contributed by atoms with Crippen LogP contribution in [0.4, 0.5) is 5.69 Å². The van der Waals surface area contributed by atoms with Gasteiger partial charge in [-0.15, -0.1) is 11.6 Å². The fourth-order valence-electron chi connectivity index (χ4n) is 1.64. The molecular weight excluding hydrogens is 250 g/mol. The van der Waals surface area contributed by atoms with Crippen molar-refractivity contribution in [3.8, 4) is 5.75 Å². The van der Waals surface area contributed by atoms with Crippen LogP contribution in [0.3, 0.4) is 0 Å². The van der Waals surface area contributed by atoms with E-state index in [0.717, 1.165) is 43.2 Å². The molecule has 102 valence electrons. The summed E-state index contributed by atoms with van der Waals surface area (Å²) in [5, 5.41) is 3.35. The SMILES string of the molecule is CCOCCCNc1ccc(OCC)c(CCl)c1. The summed E-state index contributed by atoms with van der Waals surface area (Å²) in [5.41, 5.74) is 2.10. The number of hydrogen-bond acceptors (Lipinski definition) is 3. The van der Waals surface area contributed by atoms with Crippen LogP contribution in [-0.2, 0) is 10.6 Å². The monoisotopic (exact) mass is 271 g/mol. The predicted molar refractivity (Wildman–Crippen MR) is 76.8 cm³/mol. The third-order valence-corrected chi connectivity index (χ3v) is 2.79. The quantitative estimate of drug-likeness (QED) is 0.549. The van der Waals surface area contributed by atoms with Crippen LogP contribution >= 0.6 is 11.6 Å². The van der Waals surface area contributed by atoms with Crippen LogP contribution in [-0.4, -0.2) is 26.4 Å². The lowest BCUT2D eigenvalue weighted by molar-refractivity contribution is 0.147. The first kappa shape index (κ1) is 15.1. The molecule has 0 aliphatic rings. The number of ether oxygens (including phenoxy) is 2. The highest BCUT2D eigenvalue weighted by Crippen LogP contribution is 2.24. The molecule has 0 aliphatic heterocycles. The van der Waals surface area contributed by atoms with Crippen molar-refractivity contribution >= 4 is 17.3 Å². The van der Waals surface area contributed by atoms with Gasteiger partial charge in [0.25, 0.3) is 0 Å². The molecule has 0 saturated heterocycles. The van der Waals surface area contributed by atoms with Gasteiger partial charge < -0.3 is 14.8 Å². The molecular formula is C14H22ClNO2. The Labute approximate surface area is 114 Å². The molecule has 1 aromatic rings. The Morgan fingerprint density at radius 1 is 1.22 bits per heavy atom. The van der Waals surface area contributed by atoms with Gasteiger partial charge in [-0.3, -0.25) is 0 Å². The predicted octanol–water partition coefficient (Wildman–Crippen LogP) is 3.66. The first-order valence-electron chi connectivity index (χ1n) is 6.45. The third kappa shape index (κ3) is 5.15. The molecule has 0 unspecified atom stereocenters. The second-order valence-electron chi connectivity index (χ2n) is 3.87. The third-order valence-electron chi connectivity index (χ3n) is 2.50. The number of halogens is 1. The van der Waals surface area contributed by atoms with Gasteiger partial charge in [0.2, 0.25) is 0 Å². The Balaban J connectivity index is 2.46. The average Bonchev–Trinajstić information content (AvgIpc) is 2.40. The lowest BCUT2D eigenvalue weighted by Gasteiger charge is -2.11. The van der Waals surface area contributed by atoms with Crippen molar-refractivity contribution in [3.05, 3.63) is 23.8 Å². The summed E-state index contributed by atoms with van der Waals surface area (Å²) in [5.74, 6) is 1.33. The first-order chi connectivity index (χ1) is 8.81. The van der Waals surface area contributed by atoms with Crippen molar-refractivity contribution in [2.24, 2.45) is 0 Å². The zero-order chi connectivity index (χ0) is 13.2. The Bertz CT molecular complexity index is 345. The van der Waals surface area contributed by atoms with Crippen molar-refractivity contribution in [2.75, 3.05) is 31.7 Å². The lowest BCUT2D eigenvalue weighted by Crippen LogP contribution is -2.06. The number of alkyl halides is 1. The molecule has 0 saturated carbocycles. The van der Waals surface area contributed by atoms with Crippen molar-refractivity contribution in [2.45, 2.75) is 26.1 Å². The maximum Gasteiger partial charge on any atom is 0.123 e. The Morgan fingerprint density at radius 2 is 2.06 bits per heavy atom. The van der Waals surface area contributed by atoms with E-state index in [4.69, 9.17) is 21.1 Å². The van der Waals surface area contributed by atoms with Crippen molar-refractivity contribution < 1.29 is 9.47 Å². The van der Waals surface area contributed by atoms with Gasteiger partial charge >= 0.3 is 0 Å². The summed E-state index contributed by atoms with van der Waals surface area (Å²) in [7, 11) is 0. The molecule has 0 aliphatic carbocycles. The van der Waals surface area contributed by atoms with Crippen LogP contribution in [0.1, 0.15) is 25.8 Å². The van der Waals surface area contributed by atoms with E-state index in [1.807, 2.05) is 32.0 Å². The van der Waals surface area contributed by atoms with Crippen molar-refractivity contribution in [1.29, 1.82) is 0 Å². The van der Waals surface area contributed by atoms with Crippen molar-refractivity contribution in [3.63, 3.8) is 0 Å². The molecule has 1 N–H and O–H groups in total. The molecule has 3 nitrogen and oxygen atoms in total. The highest BCUT2D eigenvalue weighted by molar-refractivity contribution is 6.17. The normalized spacial score (nSPS) is 10.4. The Kier molecular flexibility index (Phi) is 7.62. The van der Waals surface area contributed by atoms with Gasteiger partial charge in [0, 0.05) is 31.0 Å². The van der Waals surface area contributed by atoms with E-state index in [-0.39, 0.29) is 0 Å². The van der Waals surface area contributed by atoms with E-state index in [0.29, 0.717) is 12.5 Å². The number of hydrogen-bond donors (Lipinski definition) is 1. The lowest BCUT2D eigenvalue weighted by atomic mass is 10.2. The van der Waals surface area contributed by atoms with Crippen LogP contribution in [0.15, 0.2) is 18.2 Å². The Hall–Kier alpha value is -0.930. The maximum atomic E-state index is 5.91. The van der Waals surface area contributed by atoms with Gasteiger partial charge in [0.05, 0.1) is 12.5 Å². The van der Waals surface area contributed by atoms with E-state index in [2.05, 4.69) is 5.32 Å². The van der Waals surface area contributed by atoms with Gasteiger partial charge in [-0.05, 0) is 38.5 Å². The highest BCUT2D eigenvalue weighted by atomic mass is 35.5. The van der Waals surface area contributed by atoms with Crippen LogP contribution < -0.4 is 10.1 Å². The minimum Gasteiger partial charge on any atom is -0.494 e. The van der Waals surface area contributed by atoms with E-state index < -0.39 is 0 Å². The van der Waals surface area contributed by atoms with Crippen LogP contribution in [0.5, 0.6) is 5.75 Å². The zero-order valence-corrected chi connectivity index (χ0v) is 11.9. The molecule has 18 heavy (non-hydrogen) atoms. The first-order valence-corrected chi connectivity index (χ1v) is 6.98. The standard InChI is InChI=1S/C14H22ClNO2/c1-3-17-9-5-8-16-13-6-7-14(18-4-2)12(10-13)11-15/h6-7,10,16H,3-5,8-9,11H2,1-2H3. The summed E-state index contributed by atoms with van der Waals surface area (Å²) in [6, 6.07) is 6.02. The Morgan fingerprint density at radius 3 is 2.72 bits per heavy atom. The van der Waals surface area contributed by atoms with Crippen molar-refractivity contribution in [1.82, 2.24) is 0 Å². The minimum atomic E-state index is 0.462. The highest BCUT2D eigenvalue weighted by Gasteiger charge is 2.03. The summed E-state index contributed by atoms with van der Waals surface area (Å²) >= 11 is 5.91. The molecule has 0 amide bonds. The molecule has 1 aromatic carbocycles. The molecule has 0 radical (unpaired) electrons.